The second kappa shape index (κ2) is 12.0. The van der Waals surface area contributed by atoms with Gasteiger partial charge in [-0.3, -0.25) is 0 Å². The molecular weight excluding hydrogens is 514 g/mol. The van der Waals surface area contributed by atoms with Gasteiger partial charge in [-0.05, 0) is 63.6 Å². The molecule has 2 aliphatic rings. The van der Waals surface area contributed by atoms with Gasteiger partial charge in [0.2, 0.25) is 10.0 Å². The summed E-state index contributed by atoms with van der Waals surface area (Å²) < 4.78 is 40.0. The van der Waals surface area contributed by atoms with E-state index in [2.05, 4.69) is 4.90 Å². The second-order valence-electron chi connectivity index (χ2n) is 11.8. The van der Waals surface area contributed by atoms with Crippen LogP contribution in [-0.2, 0) is 25.1 Å². The van der Waals surface area contributed by atoms with E-state index in [1.165, 1.54) is 4.31 Å². The quantitative estimate of drug-likeness (QED) is 0.450. The third-order valence-electron chi connectivity index (χ3n) is 8.00. The van der Waals surface area contributed by atoms with Gasteiger partial charge < -0.3 is 19.3 Å². The van der Waals surface area contributed by atoms with Crippen LogP contribution in [0.15, 0.2) is 65.6 Å². The lowest BCUT2D eigenvalue weighted by molar-refractivity contribution is -0.0415. The molecule has 0 N–H and O–H groups in total. The maximum absolute atomic E-state index is 13.4. The number of rotatable bonds is 9. The Labute approximate surface area is 233 Å². The Morgan fingerprint density at radius 1 is 1.00 bits per heavy atom. The first-order chi connectivity index (χ1) is 18.4. The van der Waals surface area contributed by atoms with Crippen molar-refractivity contribution in [2.45, 2.75) is 62.2 Å². The SMILES string of the molecule is CO[C@@](CCN1CCC2C(CCN2C(=O)OC(C)(C)C)C1)(CN(C)S(=O)(=O)c1ccccc1)c1ccccc1. The predicted molar refractivity (Wildman–Crippen MR) is 152 cm³/mol. The number of hydrogen-bond acceptors (Lipinski definition) is 6. The summed E-state index contributed by atoms with van der Waals surface area (Å²) in [4.78, 5) is 17.4. The standard InChI is InChI=1S/C30H43N3O5S/c1-29(2,3)38-28(34)33-20-16-24-22-32(19-17-27(24)33)21-18-30(37-5,25-12-8-6-9-13-25)23-31(4)39(35,36)26-14-10-7-11-15-26/h6-15,24,27H,16-23H2,1-5H3/t24?,27?,30-/m0/s1. The number of carbonyl (C=O) groups is 1. The Morgan fingerprint density at radius 3 is 2.26 bits per heavy atom. The summed E-state index contributed by atoms with van der Waals surface area (Å²) in [6, 6.07) is 18.6. The molecule has 1 amide bonds. The van der Waals surface area contributed by atoms with Crippen molar-refractivity contribution >= 4 is 16.1 Å². The zero-order chi connectivity index (χ0) is 28.3. The van der Waals surface area contributed by atoms with Crippen molar-refractivity contribution in [3.8, 4) is 0 Å². The first kappa shape index (κ1) is 29.5. The fourth-order valence-corrected chi connectivity index (χ4v) is 7.15. The topological polar surface area (TPSA) is 79.4 Å². The average molecular weight is 558 g/mol. The molecule has 2 fully saturated rings. The Bertz CT molecular complexity index is 1200. The number of ether oxygens (including phenoxy) is 2. The largest absolute Gasteiger partial charge is 0.444 e. The van der Waals surface area contributed by atoms with E-state index in [9.17, 15) is 13.2 Å². The van der Waals surface area contributed by atoms with Gasteiger partial charge in [0.05, 0.1) is 4.90 Å². The van der Waals surface area contributed by atoms with Gasteiger partial charge >= 0.3 is 6.09 Å². The minimum atomic E-state index is -3.68. The fourth-order valence-electron chi connectivity index (χ4n) is 5.91. The van der Waals surface area contributed by atoms with E-state index >= 15 is 0 Å². The third-order valence-corrected chi connectivity index (χ3v) is 9.82. The van der Waals surface area contributed by atoms with Crippen molar-refractivity contribution in [2.24, 2.45) is 5.92 Å². The Hall–Kier alpha value is -2.46. The summed E-state index contributed by atoms with van der Waals surface area (Å²) >= 11 is 0. The smallest absolute Gasteiger partial charge is 0.410 e. The van der Waals surface area contributed by atoms with Crippen molar-refractivity contribution in [3.63, 3.8) is 0 Å². The molecule has 2 aliphatic heterocycles. The van der Waals surface area contributed by atoms with Crippen LogP contribution < -0.4 is 0 Å². The molecular formula is C30H43N3O5S. The van der Waals surface area contributed by atoms with Crippen LogP contribution in [0.3, 0.4) is 0 Å². The number of amides is 1. The molecule has 4 rings (SSSR count). The minimum Gasteiger partial charge on any atom is -0.444 e. The van der Waals surface area contributed by atoms with Crippen LogP contribution in [-0.4, -0.2) is 87.1 Å². The molecule has 214 valence electrons. The molecule has 8 nitrogen and oxygen atoms in total. The Morgan fingerprint density at radius 2 is 1.64 bits per heavy atom. The Kier molecular flexibility index (Phi) is 9.05. The summed E-state index contributed by atoms with van der Waals surface area (Å²) in [6.45, 7) is 9.15. The monoisotopic (exact) mass is 557 g/mol. The molecule has 0 aromatic heterocycles. The lowest BCUT2D eigenvalue weighted by Crippen LogP contribution is -2.50. The summed E-state index contributed by atoms with van der Waals surface area (Å²) in [7, 11) is -0.398. The van der Waals surface area contributed by atoms with Crippen LogP contribution in [0.1, 0.15) is 45.6 Å². The molecule has 2 unspecified atom stereocenters. The van der Waals surface area contributed by atoms with Gasteiger partial charge in [0.15, 0.2) is 0 Å². The molecule has 0 aliphatic carbocycles. The number of methoxy groups -OCH3 is 1. The van der Waals surface area contributed by atoms with E-state index in [1.807, 2.05) is 62.1 Å². The van der Waals surface area contributed by atoms with E-state index in [-0.39, 0.29) is 23.6 Å². The fraction of sp³-hybridized carbons (Fsp3) is 0.567. The maximum atomic E-state index is 13.4. The lowest BCUT2D eigenvalue weighted by atomic mass is 9.88. The summed E-state index contributed by atoms with van der Waals surface area (Å²) in [6.07, 6.45) is 2.29. The van der Waals surface area contributed by atoms with Gasteiger partial charge in [-0.15, -0.1) is 0 Å². The van der Waals surface area contributed by atoms with Crippen LogP contribution in [0.5, 0.6) is 0 Å². The van der Waals surface area contributed by atoms with Crippen LogP contribution in [0, 0.1) is 5.92 Å². The number of benzene rings is 2. The van der Waals surface area contributed by atoms with Crippen molar-refractivity contribution in [3.05, 3.63) is 66.2 Å². The molecule has 0 spiro atoms. The summed E-state index contributed by atoms with van der Waals surface area (Å²) in [5.74, 6) is 0.404. The van der Waals surface area contributed by atoms with Crippen molar-refractivity contribution in [1.29, 1.82) is 0 Å². The van der Waals surface area contributed by atoms with Crippen LogP contribution >= 0.6 is 0 Å². The highest BCUT2D eigenvalue weighted by Crippen LogP contribution is 2.35. The van der Waals surface area contributed by atoms with Gasteiger partial charge in [-0.2, -0.15) is 4.31 Å². The molecule has 2 saturated heterocycles. The number of likely N-dealkylation sites (tertiary alicyclic amines) is 2. The predicted octanol–water partition coefficient (Wildman–Crippen LogP) is 4.57. The highest BCUT2D eigenvalue weighted by Gasteiger charge is 2.43. The van der Waals surface area contributed by atoms with Crippen molar-refractivity contribution < 1.29 is 22.7 Å². The molecule has 0 radical (unpaired) electrons. The van der Waals surface area contributed by atoms with Gasteiger partial charge in [0, 0.05) is 52.9 Å². The van der Waals surface area contributed by atoms with E-state index < -0.39 is 21.2 Å². The lowest BCUT2D eigenvalue weighted by Gasteiger charge is -2.41. The number of sulfonamides is 1. The zero-order valence-corrected chi connectivity index (χ0v) is 24.7. The van der Waals surface area contributed by atoms with Crippen molar-refractivity contribution in [1.82, 2.24) is 14.1 Å². The minimum absolute atomic E-state index is 0.192. The highest BCUT2D eigenvalue weighted by molar-refractivity contribution is 7.89. The molecule has 3 atom stereocenters. The van der Waals surface area contributed by atoms with E-state index in [0.717, 1.165) is 44.6 Å². The van der Waals surface area contributed by atoms with Crippen molar-refractivity contribution in [2.75, 3.05) is 46.9 Å². The van der Waals surface area contributed by atoms with E-state index in [0.29, 0.717) is 12.3 Å². The molecule has 0 saturated carbocycles. The van der Waals surface area contributed by atoms with E-state index in [1.54, 1.807) is 38.4 Å². The number of fused-ring (bicyclic) bond motifs is 1. The van der Waals surface area contributed by atoms with E-state index in [4.69, 9.17) is 9.47 Å². The zero-order valence-electron chi connectivity index (χ0n) is 23.9. The average Bonchev–Trinajstić information content (AvgIpc) is 3.34. The van der Waals surface area contributed by atoms with Gasteiger partial charge in [-0.1, -0.05) is 48.5 Å². The maximum Gasteiger partial charge on any atom is 0.410 e. The molecule has 2 aromatic rings. The number of likely N-dealkylation sites (N-methyl/N-ethyl adjacent to an activating group) is 1. The number of nitrogens with zero attached hydrogens (tertiary/aromatic N) is 3. The first-order valence-electron chi connectivity index (χ1n) is 13.8. The normalized spacial score (nSPS) is 21.9. The molecule has 0 bridgehead atoms. The highest BCUT2D eigenvalue weighted by atomic mass is 32.2. The van der Waals surface area contributed by atoms with Crippen LogP contribution in [0.2, 0.25) is 0 Å². The number of hydrogen-bond donors (Lipinski definition) is 0. The molecule has 2 heterocycles. The summed E-state index contributed by atoms with van der Waals surface area (Å²) in [5, 5.41) is 0. The third kappa shape index (κ3) is 6.82. The molecule has 39 heavy (non-hydrogen) atoms. The van der Waals surface area contributed by atoms with Gasteiger partial charge in [0.25, 0.3) is 0 Å². The number of piperidine rings is 1. The van der Waals surface area contributed by atoms with Gasteiger partial charge in [-0.25, -0.2) is 13.2 Å². The molecule has 9 heteroatoms. The van der Waals surface area contributed by atoms with Crippen LogP contribution in [0.4, 0.5) is 4.79 Å². The second-order valence-corrected chi connectivity index (χ2v) is 13.8. The molecule has 2 aromatic carbocycles. The first-order valence-corrected chi connectivity index (χ1v) is 15.2. The Balaban J connectivity index is 1.46. The van der Waals surface area contributed by atoms with Crippen LogP contribution in [0.25, 0.3) is 0 Å². The number of carbonyl (C=O) groups excluding carboxylic acids is 1. The summed E-state index contributed by atoms with van der Waals surface area (Å²) in [5.41, 5.74) is -0.361. The van der Waals surface area contributed by atoms with Gasteiger partial charge in [0.1, 0.15) is 11.2 Å².